The summed E-state index contributed by atoms with van der Waals surface area (Å²) in [6, 6.07) is 0. The van der Waals surface area contributed by atoms with Crippen LogP contribution < -0.4 is 5.32 Å². The van der Waals surface area contributed by atoms with Crippen LogP contribution >= 0.6 is 0 Å². The van der Waals surface area contributed by atoms with Gasteiger partial charge in [0.25, 0.3) is 0 Å². The molecule has 1 aliphatic rings. The third-order valence-corrected chi connectivity index (χ3v) is 2.99. The van der Waals surface area contributed by atoms with Crippen LogP contribution in [0.3, 0.4) is 0 Å². The highest BCUT2D eigenvalue weighted by atomic mass is 16.3. The van der Waals surface area contributed by atoms with Gasteiger partial charge in [-0.15, -0.1) is 0 Å². The van der Waals surface area contributed by atoms with Gasteiger partial charge in [0.05, 0.1) is 18.8 Å². The number of aryl methyl sites for hydroxylation is 1. The maximum Gasteiger partial charge on any atom is 0.127 e. The third-order valence-electron chi connectivity index (χ3n) is 2.99. The van der Waals surface area contributed by atoms with Gasteiger partial charge in [-0.2, -0.15) is 5.10 Å². The number of aromatic nitrogens is 2. The van der Waals surface area contributed by atoms with Crippen molar-refractivity contribution in [1.29, 1.82) is 0 Å². The average molecular weight is 209 g/mol. The predicted octanol–water partition coefficient (Wildman–Crippen LogP) is 1.31. The second-order valence-corrected chi connectivity index (χ2v) is 4.33. The highest BCUT2D eigenvalue weighted by Crippen LogP contribution is 2.29. The molecule has 1 aromatic heterocycles. The molecule has 1 fully saturated rings. The number of aliphatic hydroxyl groups is 1. The molecule has 1 aliphatic carbocycles. The Hall–Kier alpha value is -1.03. The number of nitrogens with one attached hydrogen (secondary N) is 1. The summed E-state index contributed by atoms with van der Waals surface area (Å²) in [5.41, 5.74) is 2.24. The van der Waals surface area contributed by atoms with E-state index in [1.54, 1.807) is 0 Å². The van der Waals surface area contributed by atoms with Crippen molar-refractivity contribution < 1.29 is 5.11 Å². The van der Waals surface area contributed by atoms with Crippen LogP contribution in [0.1, 0.15) is 24.1 Å². The Morgan fingerprint density at radius 2 is 2.20 bits per heavy atom. The number of hydrogen-bond donors (Lipinski definition) is 2. The molecule has 15 heavy (non-hydrogen) atoms. The smallest absolute Gasteiger partial charge is 0.127 e. The largest absolute Gasteiger partial charge is 0.394 e. The Morgan fingerprint density at radius 3 is 2.80 bits per heavy atom. The molecule has 2 rings (SSSR count). The van der Waals surface area contributed by atoms with Crippen LogP contribution in [0.5, 0.6) is 0 Å². The molecule has 0 spiro atoms. The van der Waals surface area contributed by atoms with Crippen LogP contribution in [-0.2, 0) is 6.54 Å². The number of aliphatic hydroxyl groups excluding tert-OH is 1. The average Bonchev–Trinajstić information content (AvgIpc) is 2.97. The number of hydrogen-bond acceptors (Lipinski definition) is 3. The third kappa shape index (κ3) is 2.31. The zero-order valence-corrected chi connectivity index (χ0v) is 9.45. The molecule has 0 aromatic carbocycles. The van der Waals surface area contributed by atoms with Gasteiger partial charge in [0, 0.05) is 12.1 Å². The summed E-state index contributed by atoms with van der Waals surface area (Å²) in [5.74, 6) is 1.93. The van der Waals surface area contributed by atoms with Crippen molar-refractivity contribution in [2.75, 3.05) is 18.5 Å². The van der Waals surface area contributed by atoms with E-state index in [0.29, 0.717) is 6.54 Å². The quantitative estimate of drug-likeness (QED) is 0.769. The second kappa shape index (κ2) is 4.23. The fraction of sp³-hybridized carbons (Fsp3) is 0.727. The maximum atomic E-state index is 8.95. The molecule has 2 N–H and O–H groups in total. The maximum absolute atomic E-state index is 8.95. The van der Waals surface area contributed by atoms with E-state index in [9.17, 15) is 0 Å². The fourth-order valence-electron chi connectivity index (χ4n) is 1.71. The van der Waals surface area contributed by atoms with E-state index in [0.717, 1.165) is 24.0 Å². The van der Waals surface area contributed by atoms with Gasteiger partial charge in [0.1, 0.15) is 5.82 Å². The molecule has 0 bridgehead atoms. The van der Waals surface area contributed by atoms with Crippen molar-refractivity contribution in [3.63, 3.8) is 0 Å². The summed E-state index contributed by atoms with van der Waals surface area (Å²) in [6.07, 6.45) is 2.69. The summed E-state index contributed by atoms with van der Waals surface area (Å²) in [7, 11) is 0. The van der Waals surface area contributed by atoms with Gasteiger partial charge in [0.2, 0.25) is 0 Å². The van der Waals surface area contributed by atoms with Gasteiger partial charge in [-0.3, -0.25) is 0 Å². The Bertz CT molecular complexity index is 342. The lowest BCUT2D eigenvalue weighted by molar-refractivity contribution is 0.270. The van der Waals surface area contributed by atoms with Crippen LogP contribution in [0.4, 0.5) is 5.82 Å². The Labute approximate surface area is 90.3 Å². The summed E-state index contributed by atoms with van der Waals surface area (Å²) in [5, 5.41) is 16.8. The van der Waals surface area contributed by atoms with E-state index in [1.807, 2.05) is 11.6 Å². The van der Waals surface area contributed by atoms with Gasteiger partial charge >= 0.3 is 0 Å². The Balaban J connectivity index is 2.09. The molecule has 84 valence electrons. The summed E-state index contributed by atoms with van der Waals surface area (Å²) in [4.78, 5) is 0. The fourth-order valence-corrected chi connectivity index (χ4v) is 1.71. The summed E-state index contributed by atoms with van der Waals surface area (Å²) in [6.45, 7) is 5.83. The number of anilines is 1. The lowest BCUT2D eigenvalue weighted by atomic mass is 10.2. The molecule has 4 nitrogen and oxygen atoms in total. The standard InChI is InChI=1S/C11H19N3O/c1-8-9(2)13-14(5-6-15)11(8)12-7-10-3-4-10/h10,12,15H,3-7H2,1-2H3. The van der Waals surface area contributed by atoms with E-state index in [-0.39, 0.29) is 6.61 Å². The lowest BCUT2D eigenvalue weighted by Crippen LogP contribution is -2.12. The van der Waals surface area contributed by atoms with E-state index in [4.69, 9.17) is 5.11 Å². The van der Waals surface area contributed by atoms with Crippen LogP contribution in [0, 0.1) is 19.8 Å². The van der Waals surface area contributed by atoms with Crippen molar-refractivity contribution in [1.82, 2.24) is 9.78 Å². The molecule has 1 aromatic rings. The molecule has 1 saturated carbocycles. The molecular formula is C11H19N3O. The van der Waals surface area contributed by atoms with E-state index < -0.39 is 0 Å². The lowest BCUT2D eigenvalue weighted by Gasteiger charge is -2.09. The van der Waals surface area contributed by atoms with E-state index in [1.165, 1.54) is 18.4 Å². The van der Waals surface area contributed by atoms with Crippen LogP contribution in [0.25, 0.3) is 0 Å². The van der Waals surface area contributed by atoms with Gasteiger partial charge in [-0.25, -0.2) is 4.68 Å². The predicted molar refractivity (Wildman–Crippen MR) is 60.0 cm³/mol. The first kappa shape index (κ1) is 10.5. The van der Waals surface area contributed by atoms with Gasteiger partial charge in [-0.05, 0) is 32.6 Å². The van der Waals surface area contributed by atoms with Crippen LogP contribution in [-0.4, -0.2) is 28.0 Å². The molecule has 1 heterocycles. The van der Waals surface area contributed by atoms with Crippen molar-refractivity contribution in [3.05, 3.63) is 11.3 Å². The minimum absolute atomic E-state index is 0.138. The van der Waals surface area contributed by atoms with Crippen molar-refractivity contribution in [2.24, 2.45) is 5.92 Å². The SMILES string of the molecule is Cc1nn(CCO)c(NCC2CC2)c1C. The van der Waals surface area contributed by atoms with E-state index >= 15 is 0 Å². The van der Waals surface area contributed by atoms with Crippen molar-refractivity contribution in [3.8, 4) is 0 Å². The summed E-state index contributed by atoms with van der Waals surface area (Å²) < 4.78 is 1.87. The highest BCUT2D eigenvalue weighted by Gasteiger charge is 2.22. The number of nitrogens with zero attached hydrogens (tertiary/aromatic N) is 2. The summed E-state index contributed by atoms with van der Waals surface area (Å²) >= 11 is 0. The first-order valence-corrected chi connectivity index (χ1v) is 5.61. The molecule has 0 amide bonds. The van der Waals surface area contributed by atoms with Crippen molar-refractivity contribution in [2.45, 2.75) is 33.2 Å². The van der Waals surface area contributed by atoms with E-state index in [2.05, 4.69) is 17.3 Å². The molecular weight excluding hydrogens is 190 g/mol. The zero-order valence-electron chi connectivity index (χ0n) is 9.45. The van der Waals surface area contributed by atoms with Crippen LogP contribution in [0.15, 0.2) is 0 Å². The first-order valence-electron chi connectivity index (χ1n) is 5.61. The molecule has 4 heteroatoms. The second-order valence-electron chi connectivity index (χ2n) is 4.33. The minimum atomic E-state index is 0.138. The van der Waals surface area contributed by atoms with Crippen LogP contribution in [0.2, 0.25) is 0 Å². The molecule has 0 saturated heterocycles. The topological polar surface area (TPSA) is 50.1 Å². The Morgan fingerprint density at radius 1 is 1.47 bits per heavy atom. The minimum Gasteiger partial charge on any atom is -0.394 e. The van der Waals surface area contributed by atoms with Crippen molar-refractivity contribution >= 4 is 5.82 Å². The Kier molecular flexibility index (Phi) is 2.95. The number of rotatable bonds is 5. The zero-order chi connectivity index (χ0) is 10.8. The molecule has 0 atom stereocenters. The first-order chi connectivity index (χ1) is 7.22. The molecule has 0 radical (unpaired) electrons. The normalized spacial score (nSPS) is 15.7. The van der Waals surface area contributed by atoms with Gasteiger partial charge in [-0.1, -0.05) is 0 Å². The highest BCUT2D eigenvalue weighted by molar-refractivity contribution is 5.46. The van der Waals surface area contributed by atoms with Gasteiger partial charge < -0.3 is 10.4 Å². The van der Waals surface area contributed by atoms with Gasteiger partial charge in [0.15, 0.2) is 0 Å². The molecule has 0 aliphatic heterocycles. The monoisotopic (exact) mass is 209 g/mol. The molecule has 0 unspecified atom stereocenters.